The number of carbonyl (C=O) groups excluding carboxylic acids is 1. The van der Waals surface area contributed by atoms with Gasteiger partial charge in [0.1, 0.15) is 13.2 Å². The van der Waals surface area contributed by atoms with Gasteiger partial charge in [0.05, 0.1) is 19.0 Å². The predicted molar refractivity (Wildman–Crippen MR) is 88.0 cm³/mol. The number of ether oxygens (including phenoxy) is 1. The highest BCUT2D eigenvalue weighted by Crippen LogP contribution is 2.10. The molecule has 0 saturated carbocycles. The molecule has 1 unspecified atom stereocenters. The van der Waals surface area contributed by atoms with Crippen molar-refractivity contribution in [2.45, 2.75) is 19.9 Å². The fourth-order valence-corrected chi connectivity index (χ4v) is 1.55. The van der Waals surface area contributed by atoms with Crippen LogP contribution in [0.15, 0.2) is 44.8 Å². The van der Waals surface area contributed by atoms with Gasteiger partial charge in [-0.3, -0.25) is 0 Å². The molecule has 0 bridgehead atoms. The summed E-state index contributed by atoms with van der Waals surface area (Å²) in [5.41, 5.74) is 1.57. The molecule has 0 amide bonds. The number of hydrogen-bond acceptors (Lipinski definition) is 8. The van der Waals surface area contributed by atoms with E-state index in [0.29, 0.717) is 16.8 Å². The lowest BCUT2D eigenvalue weighted by molar-refractivity contribution is -0.132. The molecule has 0 spiro atoms. The first-order chi connectivity index (χ1) is 11.0. The van der Waals surface area contributed by atoms with E-state index in [-0.39, 0.29) is 5.71 Å². The summed E-state index contributed by atoms with van der Waals surface area (Å²) in [5.74, 6) is -0.633. The van der Waals surface area contributed by atoms with Crippen LogP contribution in [0.2, 0.25) is 0 Å². The SMILES string of the molecule is CON=C(C(=O)OC)c1ccccc1C=NN=C(C)C(C)N=O. The number of nitroso groups, excluding NO2 is 1. The van der Waals surface area contributed by atoms with Gasteiger partial charge in [-0.05, 0) is 13.8 Å². The van der Waals surface area contributed by atoms with Crippen molar-refractivity contribution >= 4 is 23.6 Å². The third-order valence-electron chi connectivity index (χ3n) is 2.95. The molecule has 0 radical (unpaired) electrons. The summed E-state index contributed by atoms with van der Waals surface area (Å²) in [6.07, 6.45) is 1.45. The van der Waals surface area contributed by atoms with E-state index in [1.807, 2.05) is 0 Å². The number of esters is 1. The number of nitrogens with zero attached hydrogens (tertiary/aromatic N) is 4. The van der Waals surface area contributed by atoms with Crippen LogP contribution in [-0.4, -0.2) is 43.9 Å². The standard InChI is InChI=1S/C15H18N4O4/c1-10(11(2)18-21)17-16-9-12-7-5-6-8-13(12)14(19-23-4)15(20)22-3/h5-9,11H,1-4H3. The van der Waals surface area contributed by atoms with Crippen molar-refractivity contribution in [2.75, 3.05) is 14.2 Å². The van der Waals surface area contributed by atoms with E-state index < -0.39 is 12.0 Å². The zero-order valence-electron chi connectivity index (χ0n) is 13.4. The van der Waals surface area contributed by atoms with E-state index in [1.165, 1.54) is 20.4 Å². The van der Waals surface area contributed by atoms with E-state index >= 15 is 0 Å². The molecule has 0 heterocycles. The average molecular weight is 318 g/mol. The summed E-state index contributed by atoms with van der Waals surface area (Å²) in [7, 11) is 2.59. The van der Waals surface area contributed by atoms with Gasteiger partial charge in [0, 0.05) is 11.1 Å². The predicted octanol–water partition coefficient (Wildman–Crippen LogP) is 2.16. The van der Waals surface area contributed by atoms with Gasteiger partial charge in [0.15, 0.2) is 5.71 Å². The Kier molecular flexibility index (Phi) is 7.25. The summed E-state index contributed by atoms with van der Waals surface area (Å²) in [6, 6.07) is 6.39. The minimum atomic E-state index is -0.633. The second-order valence-electron chi connectivity index (χ2n) is 4.47. The van der Waals surface area contributed by atoms with Crippen LogP contribution < -0.4 is 0 Å². The molecule has 0 fully saturated rings. The fraction of sp³-hybridized carbons (Fsp3) is 0.333. The highest BCUT2D eigenvalue weighted by Gasteiger charge is 2.18. The van der Waals surface area contributed by atoms with E-state index in [4.69, 9.17) is 9.57 Å². The number of hydrogen-bond donors (Lipinski definition) is 0. The Morgan fingerprint density at radius 1 is 1.26 bits per heavy atom. The lowest BCUT2D eigenvalue weighted by Gasteiger charge is -2.06. The molecule has 0 aliphatic carbocycles. The van der Waals surface area contributed by atoms with Gasteiger partial charge >= 0.3 is 5.97 Å². The Hall–Kier alpha value is -2.90. The van der Waals surface area contributed by atoms with Crippen molar-refractivity contribution in [1.29, 1.82) is 0 Å². The molecule has 0 aliphatic rings. The van der Waals surface area contributed by atoms with Crippen LogP contribution in [0.5, 0.6) is 0 Å². The molecule has 1 rings (SSSR count). The van der Waals surface area contributed by atoms with Crippen LogP contribution in [-0.2, 0) is 14.4 Å². The second-order valence-corrected chi connectivity index (χ2v) is 4.47. The van der Waals surface area contributed by atoms with Gasteiger partial charge in [-0.2, -0.15) is 15.1 Å². The van der Waals surface area contributed by atoms with Crippen LogP contribution in [0, 0.1) is 4.91 Å². The first-order valence-electron chi connectivity index (χ1n) is 6.74. The van der Waals surface area contributed by atoms with Crippen molar-refractivity contribution in [3.8, 4) is 0 Å². The Morgan fingerprint density at radius 3 is 2.57 bits per heavy atom. The van der Waals surface area contributed by atoms with Crippen molar-refractivity contribution in [2.24, 2.45) is 20.5 Å². The maximum absolute atomic E-state index is 11.8. The fourth-order valence-electron chi connectivity index (χ4n) is 1.55. The summed E-state index contributed by atoms with van der Waals surface area (Å²) in [4.78, 5) is 26.9. The molecule has 0 aliphatic heterocycles. The first-order valence-corrected chi connectivity index (χ1v) is 6.74. The van der Waals surface area contributed by atoms with Gasteiger partial charge in [-0.15, -0.1) is 0 Å². The Bertz CT molecular complexity index is 653. The number of benzene rings is 1. The number of carbonyl (C=O) groups is 1. The second kappa shape index (κ2) is 9.19. The molecule has 0 saturated heterocycles. The van der Waals surface area contributed by atoms with E-state index in [0.717, 1.165) is 0 Å². The van der Waals surface area contributed by atoms with Gasteiger partial charge < -0.3 is 9.57 Å². The van der Waals surface area contributed by atoms with Gasteiger partial charge in [-0.1, -0.05) is 34.6 Å². The van der Waals surface area contributed by atoms with Crippen LogP contribution in [0.4, 0.5) is 0 Å². The molecule has 23 heavy (non-hydrogen) atoms. The summed E-state index contributed by atoms with van der Waals surface area (Å²) in [5, 5.41) is 14.4. The molecule has 0 N–H and O–H groups in total. The zero-order chi connectivity index (χ0) is 17.2. The van der Waals surface area contributed by atoms with E-state index in [1.54, 1.807) is 38.1 Å². The number of rotatable bonds is 7. The third-order valence-corrected chi connectivity index (χ3v) is 2.95. The molecule has 8 heteroatoms. The Morgan fingerprint density at radius 2 is 1.96 bits per heavy atom. The van der Waals surface area contributed by atoms with Crippen molar-refractivity contribution in [3.05, 3.63) is 40.3 Å². The lowest BCUT2D eigenvalue weighted by atomic mass is 10.0. The van der Waals surface area contributed by atoms with Crippen LogP contribution in [0.1, 0.15) is 25.0 Å². The molecule has 8 nitrogen and oxygen atoms in total. The zero-order valence-corrected chi connectivity index (χ0v) is 13.4. The van der Waals surface area contributed by atoms with Crippen molar-refractivity contribution < 1.29 is 14.4 Å². The van der Waals surface area contributed by atoms with E-state index in [2.05, 4.69) is 20.5 Å². The summed E-state index contributed by atoms with van der Waals surface area (Å²) < 4.78 is 4.69. The van der Waals surface area contributed by atoms with Crippen molar-refractivity contribution in [1.82, 2.24) is 0 Å². The molecular weight excluding hydrogens is 300 g/mol. The minimum absolute atomic E-state index is 0.0145. The Balaban J connectivity index is 3.18. The molecule has 1 aromatic carbocycles. The topological polar surface area (TPSA) is 102 Å². The van der Waals surface area contributed by atoms with Gasteiger partial charge in [-0.25, -0.2) is 4.79 Å². The number of oxime groups is 1. The molecular formula is C15H18N4O4. The normalized spacial score (nSPS) is 13.7. The Labute approximate surface area is 133 Å². The van der Waals surface area contributed by atoms with Crippen LogP contribution in [0.3, 0.4) is 0 Å². The number of methoxy groups -OCH3 is 1. The largest absolute Gasteiger partial charge is 0.464 e. The van der Waals surface area contributed by atoms with Gasteiger partial charge in [0.2, 0.25) is 0 Å². The van der Waals surface area contributed by atoms with E-state index in [9.17, 15) is 9.70 Å². The third kappa shape index (κ3) is 5.10. The van der Waals surface area contributed by atoms with Crippen LogP contribution >= 0.6 is 0 Å². The molecule has 0 aromatic heterocycles. The highest BCUT2D eigenvalue weighted by atomic mass is 16.6. The quantitative estimate of drug-likeness (QED) is 0.332. The monoisotopic (exact) mass is 318 g/mol. The maximum Gasteiger partial charge on any atom is 0.360 e. The molecule has 122 valence electrons. The maximum atomic E-state index is 11.8. The first kappa shape index (κ1) is 18.1. The average Bonchev–Trinajstić information content (AvgIpc) is 2.58. The molecule has 1 atom stereocenters. The van der Waals surface area contributed by atoms with Crippen LogP contribution in [0.25, 0.3) is 0 Å². The van der Waals surface area contributed by atoms with Crippen molar-refractivity contribution in [3.63, 3.8) is 0 Å². The summed E-state index contributed by atoms with van der Waals surface area (Å²) >= 11 is 0. The minimum Gasteiger partial charge on any atom is -0.464 e. The highest BCUT2D eigenvalue weighted by molar-refractivity contribution is 6.44. The van der Waals surface area contributed by atoms with Gasteiger partial charge in [0.25, 0.3) is 0 Å². The summed E-state index contributed by atoms with van der Waals surface area (Å²) in [6.45, 7) is 3.28. The molecule has 1 aromatic rings. The smallest absolute Gasteiger partial charge is 0.360 e. The lowest BCUT2D eigenvalue weighted by Crippen LogP contribution is -2.19.